The molecule has 2 fully saturated rings. The number of carbonyl (C=O) groups is 1. The van der Waals surface area contributed by atoms with E-state index in [2.05, 4.69) is 5.32 Å². The van der Waals surface area contributed by atoms with E-state index in [0.717, 1.165) is 22.1 Å². The van der Waals surface area contributed by atoms with E-state index < -0.39 is 32.2 Å². The molecule has 6 nitrogen and oxygen atoms in total. The molecular formula is C20H19ClF3N3O3S. The lowest BCUT2D eigenvalue weighted by molar-refractivity contribution is -0.137. The van der Waals surface area contributed by atoms with Gasteiger partial charge in [-0.15, -0.1) is 0 Å². The summed E-state index contributed by atoms with van der Waals surface area (Å²) in [7, 11) is -4.27. The number of carbonyl (C=O) groups excluding carboxylic acids is 1. The van der Waals surface area contributed by atoms with Gasteiger partial charge in [-0.3, -0.25) is 4.79 Å². The molecule has 31 heavy (non-hydrogen) atoms. The third kappa shape index (κ3) is 3.77. The van der Waals surface area contributed by atoms with Gasteiger partial charge in [-0.1, -0.05) is 29.8 Å². The zero-order chi connectivity index (χ0) is 22.4. The van der Waals surface area contributed by atoms with Crippen molar-refractivity contribution in [1.29, 1.82) is 0 Å². The second kappa shape index (κ2) is 7.68. The van der Waals surface area contributed by atoms with Gasteiger partial charge in [0.25, 0.3) is 0 Å². The standard InChI is InChI=1S/C20H19ClF3N3O3S/c21-16-7-6-14(20(22,23)24)12-17(16)31(29,30)26-10-8-19(9-11-26)18(28)25-13-27(19)15-4-2-1-3-5-15/h1-7,12H,8-11,13H2,(H,25,28). The summed E-state index contributed by atoms with van der Waals surface area (Å²) < 4.78 is 66.5. The lowest BCUT2D eigenvalue weighted by Gasteiger charge is -2.42. The summed E-state index contributed by atoms with van der Waals surface area (Å²) in [6.07, 6.45) is -4.30. The molecule has 11 heteroatoms. The Balaban J connectivity index is 1.61. The normalized spacial score (nSPS) is 19.6. The first-order chi connectivity index (χ1) is 14.6. The molecule has 0 unspecified atom stereocenters. The van der Waals surface area contributed by atoms with Gasteiger partial charge in [0, 0.05) is 18.8 Å². The minimum atomic E-state index is -4.70. The number of nitrogens with zero attached hydrogens (tertiary/aromatic N) is 2. The average molecular weight is 474 g/mol. The summed E-state index contributed by atoms with van der Waals surface area (Å²) >= 11 is 5.95. The Labute approximate surface area is 182 Å². The number of anilines is 1. The average Bonchev–Trinajstić information content (AvgIpc) is 3.04. The molecule has 0 aromatic heterocycles. The van der Waals surface area contributed by atoms with Crippen LogP contribution in [0.2, 0.25) is 5.02 Å². The summed E-state index contributed by atoms with van der Waals surface area (Å²) in [5, 5.41) is 2.54. The van der Waals surface area contributed by atoms with Crippen LogP contribution in [0.4, 0.5) is 18.9 Å². The fourth-order valence-electron chi connectivity index (χ4n) is 4.15. The maximum Gasteiger partial charge on any atom is 0.416 e. The van der Waals surface area contributed by atoms with Crippen molar-refractivity contribution in [2.24, 2.45) is 0 Å². The Morgan fingerprint density at radius 2 is 1.68 bits per heavy atom. The fraction of sp³-hybridized carbons (Fsp3) is 0.350. The summed E-state index contributed by atoms with van der Waals surface area (Å²) in [6.45, 7) is 0.256. The van der Waals surface area contributed by atoms with E-state index in [-0.39, 0.29) is 36.9 Å². The smallest absolute Gasteiger partial charge is 0.339 e. The van der Waals surface area contributed by atoms with Crippen molar-refractivity contribution in [2.45, 2.75) is 29.5 Å². The maximum atomic E-state index is 13.1. The number of nitrogens with one attached hydrogen (secondary N) is 1. The molecule has 166 valence electrons. The van der Waals surface area contributed by atoms with Crippen molar-refractivity contribution in [2.75, 3.05) is 24.7 Å². The topological polar surface area (TPSA) is 69.7 Å². The highest BCUT2D eigenvalue weighted by Crippen LogP contribution is 2.39. The first-order valence-corrected chi connectivity index (χ1v) is 11.4. The third-order valence-electron chi connectivity index (χ3n) is 5.83. The molecule has 0 bridgehead atoms. The Bertz CT molecular complexity index is 1100. The maximum absolute atomic E-state index is 13.1. The largest absolute Gasteiger partial charge is 0.416 e. The monoisotopic (exact) mass is 473 g/mol. The number of amides is 1. The number of rotatable bonds is 3. The third-order valence-corrected chi connectivity index (χ3v) is 8.21. The zero-order valence-corrected chi connectivity index (χ0v) is 17.8. The van der Waals surface area contributed by atoms with Crippen molar-refractivity contribution in [3.63, 3.8) is 0 Å². The minimum Gasteiger partial charge on any atom is -0.339 e. The van der Waals surface area contributed by atoms with E-state index in [1.54, 1.807) is 0 Å². The molecular weight excluding hydrogens is 455 g/mol. The second-order valence-corrected chi connectivity index (χ2v) is 9.82. The van der Waals surface area contributed by atoms with Crippen molar-refractivity contribution < 1.29 is 26.4 Å². The van der Waals surface area contributed by atoms with Crippen LogP contribution in [0.5, 0.6) is 0 Å². The SMILES string of the molecule is O=C1NCN(c2ccccc2)C12CCN(S(=O)(=O)c1cc(C(F)(F)F)ccc1Cl)CC2. The summed E-state index contributed by atoms with van der Waals surface area (Å²) in [5.41, 5.74) is -1.17. The molecule has 2 aliphatic rings. The van der Waals surface area contributed by atoms with E-state index in [0.29, 0.717) is 12.7 Å². The van der Waals surface area contributed by atoms with Crippen LogP contribution in [0.25, 0.3) is 0 Å². The molecule has 0 aliphatic carbocycles. The minimum absolute atomic E-state index is 0.0222. The van der Waals surface area contributed by atoms with E-state index in [1.807, 2.05) is 35.2 Å². The molecule has 2 aromatic rings. The Morgan fingerprint density at radius 1 is 1.03 bits per heavy atom. The molecule has 2 aliphatic heterocycles. The van der Waals surface area contributed by atoms with Gasteiger partial charge in [-0.05, 0) is 43.2 Å². The first kappa shape index (κ1) is 21.9. The van der Waals surface area contributed by atoms with E-state index in [9.17, 15) is 26.4 Å². The van der Waals surface area contributed by atoms with Crippen LogP contribution in [0.15, 0.2) is 53.4 Å². The number of hydrogen-bond donors (Lipinski definition) is 1. The summed E-state index contributed by atoms with van der Waals surface area (Å²) in [4.78, 5) is 14.0. The van der Waals surface area contributed by atoms with Gasteiger partial charge in [0.1, 0.15) is 10.4 Å². The van der Waals surface area contributed by atoms with Crippen LogP contribution in [0.1, 0.15) is 18.4 Å². The van der Waals surface area contributed by atoms with E-state index in [1.165, 1.54) is 0 Å². The molecule has 0 radical (unpaired) electrons. The molecule has 2 saturated heterocycles. The van der Waals surface area contributed by atoms with Gasteiger partial charge in [-0.25, -0.2) is 8.42 Å². The lowest BCUT2D eigenvalue weighted by Crippen LogP contribution is -2.57. The van der Waals surface area contributed by atoms with Crippen molar-refractivity contribution in [1.82, 2.24) is 9.62 Å². The number of benzene rings is 2. The molecule has 0 atom stereocenters. The molecule has 0 saturated carbocycles. The van der Waals surface area contributed by atoms with Crippen LogP contribution in [0, 0.1) is 0 Å². The van der Waals surface area contributed by atoms with Gasteiger partial charge >= 0.3 is 6.18 Å². The summed E-state index contributed by atoms with van der Waals surface area (Å²) in [5.74, 6) is -0.189. The second-order valence-electron chi connectivity index (χ2n) is 7.51. The predicted octanol–water partition coefficient (Wildman–Crippen LogP) is 3.48. The fourth-order valence-corrected chi connectivity index (χ4v) is 6.09. The number of sulfonamides is 1. The Morgan fingerprint density at radius 3 is 2.29 bits per heavy atom. The van der Waals surface area contributed by atoms with Crippen LogP contribution in [-0.4, -0.2) is 43.9 Å². The highest BCUT2D eigenvalue weighted by Gasteiger charge is 2.51. The number of halogens is 4. The molecule has 2 aromatic carbocycles. The zero-order valence-electron chi connectivity index (χ0n) is 16.2. The van der Waals surface area contributed by atoms with Crippen molar-refractivity contribution >= 4 is 33.2 Å². The number of hydrogen-bond acceptors (Lipinski definition) is 4. The van der Waals surface area contributed by atoms with Gasteiger partial charge in [0.2, 0.25) is 15.9 Å². The van der Waals surface area contributed by atoms with Gasteiger partial charge < -0.3 is 10.2 Å². The quantitative estimate of drug-likeness (QED) is 0.741. The predicted molar refractivity (Wildman–Crippen MR) is 109 cm³/mol. The lowest BCUT2D eigenvalue weighted by atomic mass is 9.86. The highest BCUT2D eigenvalue weighted by atomic mass is 35.5. The summed E-state index contributed by atoms with van der Waals surface area (Å²) in [6, 6.07) is 11.5. The number of alkyl halides is 3. The molecule has 4 rings (SSSR count). The van der Waals surface area contributed by atoms with Crippen molar-refractivity contribution in [3.8, 4) is 0 Å². The van der Waals surface area contributed by atoms with Crippen LogP contribution < -0.4 is 10.2 Å². The molecule has 2 heterocycles. The number of piperidine rings is 1. The van der Waals surface area contributed by atoms with Crippen LogP contribution in [0.3, 0.4) is 0 Å². The molecule has 1 spiro atoms. The van der Waals surface area contributed by atoms with Gasteiger partial charge in [0.15, 0.2) is 0 Å². The Kier molecular flexibility index (Phi) is 5.43. The van der Waals surface area contributed by atoms with E-state index in [4.69, 9.17) is 11.6 Å². The van der Waals surface area contributed by atoms with Crippen molar-refractivity contribution in [3.05, 3.63) is 59.1 Å². The number of para-hydroxylation sites is 1. The highest BCUT2D eigenvalue weighted by molar-refractivity contribution is 7.89. The first-order valence-electron chi connectivity index (χ1n) is 9.54. The van der Waals surface area contributed by atoms with Gasteiger partial charge in [-0.2, -0.15) is 17.5 Å². The van der Waals surface area contributed by atoms with E-state index >= 15 is 0 Å². The van der Waals surface area contributed by atoms with Crippen LogP contribution in [-0.2, 0) is 21.0 Å². The molecule has 1 N–H and O–H groups in total. The van der Waals surface area contributed by atoms with Gasteiger partial charge in [0.05, 0.1) is 17.3 Å². The molecule has 1 amide bonds. The Hall–Kier alpha value is -2.30. The van der Waals surface area contributed by atoms with Crippen LogP contribution >= 0.6 is 11.6 Å².